The molecule has 4 fully saturated rings. The molecule has 5 heteroatoms. The summed E-state index contributed by atoms with van der Waals surface area (Å²) in [4.78, 5) is 53.1. The lowest BCUT2D eigenvalue weighted by Gasteiger charge is -2.69. The van der Waals surface area contributed by atoms with Crippen molar-refractivity contribution in [2.75, 3.05) is 7.11 Å². The molecular weight excluding hydrogens is 464 g/mol. The van der Waals surface area contributed by atoms with Crippen LogP contribution in [-0.2, 0) is 23.9 Å². The van der Waals surface area contributed by atoms with Gasteiger partial charge in [0, 0.05) is 11.3 Å². The summed E-state index contributed by atoms with van der Waals surface area (Å²) in [5, 5.41) is 0. The van der Waals surface area contributed by atoms with Crippen molar-refractivity contribution in [3.8, 4) is 0 Å². The Kier molecular flexibility index (Phi) is 5.71. The molecule has 5 rings (SSSR count). The Morgan fingerprint density at radius 2 is 1.59 bits per heavy atom. The highest BCUT2D eigenvalue weighted by atomic mass is 16.5. The number of esters is 1. The molecule has 0 radical (unpaired) electrons. The lowest BCUT2D eigenvalue weighted by Crippen LogP contribution is -2.66. The maximum atomic E-state index is 14.4. The van der Waals surface area contributed by atoms with Gasteiger partial charge in [-0.15, -0.1) is 0 Å². The molecule has 5 nitrogen and oxygen atoms in total. The molecular formula is C32H46O5. The summed E-state index contributed by atoms with van der Waals surface area (Å²) < 4.78 is 5.41. The number of methoxy groups -OCH3 is 1. The van der Waals surface area contributed by atoms with Crippen LogP contribution in [0.4, 0.5) is 0 Å². The van der Waals surface area contributed by atoms with E-state index in [-0.39, 0.29) is 56.9 Å². The molecule has 0 saturated heterocycles. The Morgan fingerprint density at radius 1 is 0.946 bits per heavy atom. The second-order valence-electron chi connectivity index (χ2n) is 15.4. The maximum absolute atomic E-state index is 14.4. The topological polar surface area (TPSA) is 77.5 Å². The number of fused-ring (bicyclic) bond motifs is 7. The fourth-order valence-electron chi connectivity index (χ4n) is 10.7. The second kappa shape index (κ2) is 7.88. The number of rotatable bonds is 2. The normalized spacial score (nSPS) is 47.9. The first-order valence-corrected chi connectivity index (χ1v) is 14.4. The van der Waals surface area contributed by atoms with Crippen molar-refractivity contribution in [3.63, 3.8) is 0 Å². The number of hydrogen-bond acceptors (Lipinski definition) is 5. The number of allylic oxidation sites excluding steroid dienone is 2. The smallest absolute Gasteiger partial charge is 0.312 e. The van der Waals surface area contributed by atoms with E-state index in [2.05, 4.69) is 34.6 Å². The number of aldehydes is 1. The number of ketones is 2. The van der Waals surface area contributed by atoms with Gasteiger partial charge in [-0.3, -0.25) is 14.4 Å². The summed E-state index contributed by atoms with van der Waals surface area (Å²) in [6.07, 6.45) is 9.24. The van der Waals surface area contributed by atoms with Crippen LogP contribution in [-0.4, -0.2) is 30.9 Å². The van der Waals surface area contributed by atoms with E-state index in [0.717, 1.165) is 56.8 Å². The minimum atomic E-state index is -0.627. The highest BCUT2D eigenvalue weighted by Crippen LogP contribution is 2.75. The zero-order chi connectivity index (χ0) is 27.4. The summed E-state index contributed by atoms with van der Waals surface area (Å²) in [6.45, 7) is 15.4. The van der Waals surface area contributed by atoms with Crippen molar-refractivity contribution in [2.24, 2.45) is 56.2 Å². The first-order valence-electron chi connectivity index (χ1n) is 14.4. The fraction of sp³-hybridized carbons (Fsp3) is 0.812. The van der Waals surface area contributed by atoms with Gasteiger partial charge in [-0.05, 0) is 90.9 Å². The van der Waals surface area contributed by atoms with Crippen LogP contribution in [0.25, 0.3) is 0 Å². The third-order valence-electron chi connectivity index (χ3n) is 12.9. The first kappa shape index (κ1) is 26.8. The van der Waals surface area contributed by atoms with Gasteiger partial charge < -0.3 is 9.53 Å². The highest BCUT2D eigenvalue weighted by molar-refractivity contribution is 5.99. The van der Waals surface area contributed by atoms with Gasteiger partial charge in [-0.1, -0.05) is 54.0 Å². The summed E-state index contributed by atoms with van der Waals surface area (Å²) in [5.74, 6) is -0.744. The third kappa shape index (κ3) is 3.21. The Hall–Kier alpha value is -1.78. The molecule has 5 aliphatic carbocycles. The van der Waals surface area contributed by atoms with Crippen LogP contribution in [0.5, 0.6) is 0 Å². The van der Waals surface area contributed by atoms with Crippen molar-refractivity contribution < 1.29 is 23.9 Å². The van der Waals surface area contributed by atoms with E-state index in [0.29, 0.717) is 6.42 Å². The van der Waals surface area contributed by atoms with Gasteiger partial charge in [0.2, 0.25) is 0 Å². The SMILES string of the molecule is COC(=O)[C@]12CCC(C)(C)CC1C1C(=O)C=C3[C@@]4(C)CC(C=O)C(=O)C(C)(C)[C@@H]4CC[C@@]3(C)[C@]1(C)CC2. The summed E-state index contributed by atoms with van der Waals surface area (Å²) >= 11 is 0. The Balaban J connectivity index is 1.67. The minimum Gasteiger partial charge on any atom is -0.469 e. The molecule has 4 saturated carbocycles. The lowest BCUT2D eigenvalue weighted by molar-refractivity contribution is -0.193. The number of carbonyl (C=O) groups excluding carboxylic acids is 4. The highest BCUT2D eigenvalue weighted by Gasteiger charge is 2.71. The molecule has 0 spiro atoms. The van der Waals surface area contributed by atoms with Crippen molar-refractivity contribution in [3.05, 3.63) is 11.6 Å². The number of carbonyl (C=O) groups is 4. The number of Topliss-reactive ketones (excluding diaryl/α,β-unsaturated/α-hetero) is 1. The third-order valence-corrected chi connectivity index (χ3v) is 12.9. The molecule has 0 aromatic carbocycles. The van der Waals surface area contributed by atoms with Crippen LogP contribution in [0.2, 0.25) is 0 Å². The van der Waals surface area contributed by atoms with E-state index in [9.17, 15) is 19.2 Å². The van der Waals surface area contributed by atoms with E-state index in [1.165, 1.54) is 7.11 Å². The van der Waals surface area contributed by atoms with Crippen molar-refractivity contribution in [1.82, 2.24) is 0 Å². The van der Waals surface area contributed by atoms with Crippen LogP contribution < -0.4 is 0 Å². The van der Waals surface area contributed by atoms with E-state index >= 15 is 0 Å². The Morgan fingerprint density at radius 3 is 2.22 bits per heavy atom. The monoisotopic (exact) mass is 510 g/mol. The maximum Gasteiger partial charge on any atom is 0.312 e. The van der Waals surface area contributed by atoms with E-state index in [1.54, 1.807) is 0 Å². The molecule has 0 bridgehead atoms. The van der Waals surface area contributed by atoms with Gasteiger partial charge in [-0.25, -0.2) is 0 Å². The van der Waals surface area contributed by atoms with Gasteiger partial charge in [-0.2, -0.15) is 0 Å². The molecule has 5 aliphatic rings. The molecule has 204 valence electrons. The molecule has 8 atom stereocenters. The van der Waals surface area contributed by atoms with Gasteiger partial charge in [0.15, 0.2) is 5.78 Å². The Labute approximate surface area is 222 Å². The fourth-order valence-corrected chi connectivity index (χ4v) is 10.7. The number of ether oxygens (including phenoxy) is 1. The van der Waals surface area contributed by atoms with Crippen LogP contribution in [0.1, 0.15) is 99.8 Å². The van der Waals surface area contributed by atoms with Crippen molar-refractivity contribution in [1.29, 1.82) is 0 Å². The molecule has 0 aliphatic heterocycles. The average Bonchev–Trinajstić information content (AvgIpc) is 2.82. The largest absolute Gasteiger partial charge is 0.469 e. The van der Waals surface area contributed by atoms with Crippen LogP contribution >= 0.6 is 0 Å². The van der Waals surface area contributed by atoms with Crippen LogP contribution in [0.15, 0.2) is 11.6 Å². The summed E-state index contributed by atoms with van der Waals surface area (Å²) in [5.41, 5.74) is -0.878. The van der Waals surface area contributed by atoms with Crippen molar-refractivity contribution >= 4 is 23.8 Å². The van der Waals surface area contributed by atoms with E-state index in [4.69, 9.17) is 4.74 Å². The zero-order valence-corrected chi connectivity index (χ0v) is 24.2. The molecule has 0 aromatic heterocycles. The number of hydrogen-bond donors (Lipinski definition) is 0. The Bertz CT molecular complexity index is 1100. The van der Waals surface area contributed by atoms with E-state index in [1.807, 2.05) is 19.9 Å². The van der Waals surface area contributed by atoms with Gasteiger partial charge in [0.1, 0.15) is 12.1 Å². The second-order valence-corrected chi connectivity index (χ2v) is 15.4. The van der Waals surface area contributed by atoms with Gasteiger partial charge in [0.25, 0.3) is 0 Å². The summed E-state index contributed by atoms with van der Waals surface area (Å²) in [7, 11) is 1.49. The lowest BCUT2D eigenvalue weighted by atomic mass is 9.33. The minimum absolute atomic E-state index is 0.0396. The molecule has 0 heterocycles. The standard InChI is InChI=1S/C32H46O5/c1-27(2)11-13-32(26(36)37-8)14-12-31(7)24(20(32)17-27)21(34)15-23-29(5)16-19(18-33)25(35)28(3,4)22(29)9-10-30(23,31)6/h15,18-20,22,24H,9-14,16-17H2,1-8H3/t19?,20?,22-,24?,29-,30+,31+,32-/m0/s1. The summed E-state index contributed by atoms with van der Waals surface area (Å²) in [6, 6.07) is 0. The zero-order valence-electron chi connectivity index (χ0n) is 24.2. The molecule has 37 heavy (non-hydrogen) atoms. The molecule has 0 aromatic rings. The molecule has 0 N–H and O–H groups in total. The average molecular weight is 511 g/mol. The predicted octanol–water partition coefficient (Wildman–Crippen LogP) is 6.13. The van der Waals surface area contributed by atoms with Crippen LogP contribution in [0, 0.1) is 56.2 Å². The van der Waals surface area contributed by atoms with E-state index < -0.39 is 16.7 Å². The van der Waals surface area contributed by atoms with Gasteiger partial charge in [0.05, 0.1) is 18.4 Å². The van der Waals surface area contributed by atoms with Crippen molar-refractivity contribution in [2.45, 2.75) is 99.8 Å². The quantitative estimate of drug-likeness (QED) is 0.254. The molecule has 0 amide bonds. The van der Waals surface area contributed by atoms with Gasteiger partial charge >= 0.3 is 5.97 Å². The molecule has 3 unspecified atom stereocenters. The van der Waals surface area contributed by atoms with Crippen LogP contribution in [0.3, 0.4) is 0 Å². The first-order chi connectivity index (χ1) is 17.0. The predicted molar refractivity (Wildman–Crippen MR) is 141 cm³/mol.